The Morgan fingerprint density at radius 2 is 1.79 bits per heavy atom. The molecule has 0 fully saturated rings. The van der Waals surface area contributed by atoms with E-state index in [1.165, 1.54) is 0 Å². The summed E-state index contributed by atoms with van der Waals surface area (Å²) >= 11 is 11.8. The molecule has 1 aromatic carbocycles. The van der Waals surface area contributed by atoms with Crippen LogP contribution in [0.4, 0.5) is 5.69 Å². The fourth-order valence-corrected chi connectivity index (χ4v) is 1.28. The molecule has 0 saturated heterocycles. The molecule has 5 heteroatoms. The second-order valence-electron chi connectivity index (χ2n) is 3.09. The molecule has 1 rings (SSSR count). The van der Waals surface area contributed by atoms with E-state index in [0.29, 0.717) is 15.7 Å². The summed E-state index contributed by atoms with van der Waals surface area (Å²) in [5.74, 6) is 0. The van der Waals surface area contributed by atoms with Crippen molar-refractivity contribution in [2.24, 2.45) is 10.3 Å². The van der Waals surface area contributed by atoms with E-state index in [1.807, 2.05) is 6.92 Å². The van der Waals surface area contributed by atoms with Crippen molar-refractivity contribution in [3.8, 4) is 0 Å². The summed E-state index contributed by atoms with van der Waals surface area (Å²) in [6.07, 6.45) is 0. The standard InChI is InChI=1S/C9H11Cl2N3/c1-6-4-9(12-13-14(2)3)8(11)5-7(6)10/h4-5H,1-3H3. The third-order valence-electron chi connectivity index (χ3n) is 1.56. The highest BCUT2D eigenvalue weighted by atomic mass is 35.5. The summed E-state index contributed by atoms with van der Waals surface area (Å²) in [6.45, 7) is 1.90. The maximum Gasteiger partial charge on any atom is 0.106 e. The molecule has 0 saturated carbocycles. The number of aryl methyl sites for hydroxylation is 1. The molecule has 1 aromatic rings. The van der Waals surface area contributed by atoms with Gasteiger partial charge in [-0.2, -0.15) is 0 Å². The molecule has 0 radical (unpaired) electrons. The van der Waals surface area contributed by atoms with E-state index in [-0.39, 0.29) is 0 Å². The molecular formula is C9H11Cl2N3. The molecule has 14 heavy (non-hydrogen) atoms. The first kappa shape index (κ1) is 11.3. The Morgan fingerprint density at radius 3 is 2.36 bits per heavy atom. The smallest absolute Gasteiger partial charge is 0.106 e. The molecule has 0 N–H and O–H groups in total. The second kappa shape index (κ2) is 4.62. The first-order valence-electron chi connectivity index (χ1n) is 4.05. The quantitative estimate of drug-likeness (QED) is 0.562. The summed E-state index contributed by atoms with van der Waals surface area (Å²) in [4.78, 5) is 0. The summed E-state index contributed by atoms with van der Waals surface area (Å²) < 4.78 is 0. The van der Waals surface area contributed by atoms with Crippen molar-refractivity contribution < 1.29 is 0 Å². The monoisotopic (exact) mass is 231 g/mol. The first-order valence-corrected chi connectivity index (χ1v) is 4.81. The maximum absolute atomic E-state index is 5.93. The minimum Gasteiger partial charge on any atom is -0.285 e. The van der Waals surface area contributed by atoms with Crippen LogP contribution in [0.3, 0.4) is 0 Å². The molecule has 3 nitrogen and oxygen atoms in total. The predicted molar refractivity (Wildman–Crippen MR) is 59.4 cm³/mol. The van der Waals surface area contributed by atoms with Crippen LogP contribution in [0, 0.1) is 6.92 Å². The van der Waals surface area contributed by atoms with Crippen LogP contribution in [0.25, 0.3) is 0 Å². The molecule has 0 aliphatic heterocycles. The maximum atomic E-state index is 5.93. The molecule has 76 valence electrons. The van der Waals surface area contributed by atoms with Gasteiger partial charge in [0.1, 0.15) is 5.69 Å². The normalized spacial score (nSPS) is 10.9. The van der Waals surface area contributed by atoms with Gasteiger partial charge in [-0.05, 0) is 24.6 Å². The van der Waals surface area contributed by atoms with Crippen molar-refractivity contribution in [1.82, 2.24) is 5.01 Å². The molecule has 0 atom stereocenters. The van der Waals surface area contributed by atoms with Gasteiger partial charge in [0.25, 0.3) is 0 Å². The number of hydrogen-bond donors (Lipinski definition) is 0. The van der Waals surface area contributed by atoms with Crippen molar-refractivity contribution in [2.75, 3.05) is 14.1 Å². The van der Waals surface area contributed by atoms with Crippen molar-refractivity contribution >= 4 is 28.9 Å². The molecule has 0 unspecified atom stereocenters. The zero-order valence-electron chi connectivity index (χ0n) is 8.25. The molecule has 0 aromatic heterocycles. The van der Waals surface area contributed by atoms with Crippen LogP contribution in [0.15, 0.2) is 22.5 Å². The minimum absolute atomic E-state index is 0.506. The van der Waals surface area contributed by atoms with E-state index in [0.717, 1.165) is 5.56 Å². The summed E-state index contributed by atoms with van der Waals surface area (Å²) in [5, 5.41) is 10.6. The Kier molecular flexibility index (Phi) is 3.72. The fraction of sp³-hybridized carbons (Fsp3) is 0.333. The lowest BCUT2D eigenvalue weighted by atomic mass is 10.2. The average molecular weight is 232 g/mol. The van der Waals surface area contributed by atoms with Crippen molar-refractivity contribution in [2.45, 2.75) is 6.92 Å². The third-order valence-corrected chi connectivity index (χ3v) is 2.27. The van der Waals surface area contributed by atoms with E-state index in [9.17, 15) is 0 Å². The lowest BCUT2D eigenvalue weighted by Crippen LogP contribution is -1.98. The van der Waals surface area contributed by atoms with Crippen LogP contribution in [-0.4, -0.2) is 19.1 Å². The highest BCUT2D eigenvalue weighted by molar-refractivity contribution is 6.36. The van der Waals surface area contributed by atoms with E-state index >= 15 is 0 Å². The van der Waals surface area contributed by atoms with Crippen molar-refractivity contribution in [3.05, 3.63) is 27.7 Å². The number of benzene rings is 1. The van der Waals surface area contributed by atoms with E-state index in [4.69, 9.17) is 23.2 Å². The summed E-state index contributed by atoms with van der Waals surface area (Å²) in [6, 6.07) is 3.47. The van der Waals surface area contributed by atoms with Gasteiger partial charge < -0.3 is 0 Å². The molecule has 0 aliphatic carbocycles. The lowest BCUT2D eigenvalue weighted by Gasteiger charge is -2.04. The van der Waals surface area contributed by atoms with Gasteiger partial charge in [0.2, 0.25) is 0 Å². The average Bonchev–Trinajstić information content (AvgIpc) is 2.09. The number of nitrogens with zero attached hydrogens (tertiary/aromatic N) is 3. The van der Waals surface area contributed by atoms with Gasteiger partial charge in [-0.3, -0.25) is 5.01 Å². The van der Waals surface area contributed by atoms with Gasteiger partial charge in [0, 0.05) is 19.1 Å². The SMILES string of the molecule is Cc1cc(N=NN(C)C)c(Cl)cc1Cl. The molecule has 0 amide bonds. The first-order chi connectivity index (χ1) is 6.50. The van der Waals surface area contributed by atoms with Crippen LogP contribution in [0.2, 0.25) is 10.0 Å². The van der Waals surface area contributed by atoms with E-state index < -0.39 is 0 Å². The number of rotatable bonds is 2. The van der Waals surface area contributed by atoms with Crippen LogP contribution < -0.4 is 0 Å². The zero-order valence-corrected chi connectivity index (χ0v) is 9.76. The Bertz CT molecular complexity index is 361. The molecule has 0 spiro atoms. The van der Waals surface area contributed by atoms with Crippen LogP contribution in [0.1, 0.15) is 5.56 Å². The van der Waals surface area contributed by atoms with Crippen LogP contribution in [-0.2, 0) is 0 Å². The van der Waals surface area contributed by atoms with Gasteiger partial charge >= 0.3 is 0 Å². The molecule has 0 aliphatic rings. The highest BCUT2D eigenvalue weighted by Crippen LogP contribution is 2.30. The Labute approximate surface area is 93.3 Å². The van der Waals surface area contributed by atoms with E-state index in [2.05, 4.69) is 10.3 Å². The van der Waals surface area contributed by atoms with Gasteiger partial charge in [0.05, 0.1) is 5.02 Å². The fourth-order valence-electron chi connectivity index (χ4n) is 0.856. The van der Waals surface area contributed by atoms with Gasteiger partial charge in [-0.15, -0.1) is 5.11 Å². The topological polar surface area (TPSA) is 28.0 Å². The number of hydrogen-bond acceptors (Lipinski definition) is 2. The van der Waals surface area contributed by atoms with Gasteiger partial charge in [0.15, 0.2) is 0 Å². The Balaban J connectivity index is 3.04. The predicted octanol–water partition coefficient (Wildman–Crippen LogP) is 3.86. The zero-order chi connectivity index (χ0) is 10.7. The van der Waals surface area contributed by atoms with Gasteiger partial charge in [-0.1, -0.05) is 28.4 Å². The third kappa shape index (κ3) is 2.86. The lowest BCUT2D eigenvalue weighted by molar-refractivity contribution is 0.408. The number of halogens is 2. The molecule has 0 bridgehead atoms. The molecule has 0 heterocycles. The summed E-state index contributed by atoms with van der Waals surface area (Å²) in [7, 11) is 3.58. The Hall–Kier alpha value is -0.800. The van der Waals surface area contributed by atoms with Gasteiger partial charge in [-0.25, -0.2) is 0 Å². The van der Waals surface area contributed by atoms with Crippen molar-refractivity contribution in [1.29, 1.82) is 0 Å². The van der Waals surface area contributed by atoms with Crippen LogP contribution >= 0.6 is 23.2 Å². The summed E-state index contributed by atoms with van der Waals surface area (Å²) in [5.41, 5.74) is 1.56. The second-order valence-corrected chi connectivity index (χ2v) is 3.90. The Morgan fingerprint density at radius 1 is 1.14 bits per heavy atom. The highest BCUT2D eigenvalue weighted by Gasteiger charge is 2.03. The largest absolute Gasteiger partial charge is 0.285 e. The van der Waals surface area contributed by atoms with Crippen LogP contribution in [0.5, 0.6) is 0 Å². The molecular weight excluding hydrogens is 221 g/mol. The minimum atomic E-state index is 0.506. The van der Waals surface area contributed by atoms with E-state index in [1.54, 1.807) is 31.2 Å². The van der Waals surface area contributed by atoms with Crippen molar-refractivity contribution in [3.63, 3.8) is 0 Å².